The maximum atomic E-state index is 13.1. The van der Waals surface area contributed by atoms with Gasteiger partial charge >= 0.3 is 0 Å². The Bertz CT molecular complexity index is 1510. The smallest absolute Gasteiger partial charge is 0.213 e. The van der Waals surface area contributed by atoms with Gasteiger partial charge in [-0.2, -0.15) is 8.78 Å². The first-order valence-electron chi connectivity index (χ1n) is 10.7. The van der Waals surface area contributed by atoms with Crippen LogP contribution in [0.15, 0.2) is 96.0 Å². The van der Waals surface area contributed by atoms with Gasteiger partial charge in [-0.1, -0.05) is 15.9 Å². The van der Waals surface area contributed by atoms with E-state index in [-0.39, 0.29) is 11.6 Å². The molecule has 5 aromatic rings. The van der Waals surface area contributed by atoms with Crippen molar-refractivity contribution in [2.75, 3.05) is 0 Å². The molecular formula is C27H16BrF4N3O2. The summed E-state index contributed by atoms with van der Waals surface area (Å²) in [4.78, 5) is 22.4. The van der Waals surface area contributed by atoms with E-state index in [2.05, 4.69) is 30.9 Å². The minimum atomic E-state index is -0.680. The highest BCUT2D eigenvalue weighted by molar-refractivity contribution is 9.09. The molecule has 0 N–H and O–H groups in total. The molecule has 5 rings (SSSR count). The van der Waals surface area contributed by atoms with Gasteiger partial charge in [-0.3, -0.25) is 4.79 Å². The number of rotatable bonds is 5. The van der Waals surface area contributed by atoms with Crippen LogP contribution in [0.1, 0.15) is 20.7 Å². The van der Waals surface area contributed by atoms with Crippen LogP contribution in [0, 0.1) is 23.5 Å². The molecule has 0 spiro atoms. The third kappa shape index (κ3) is 6.53. The van der Waals surface area contributed by atoms with Crippen LogP contribution in [0.5, 0.6) is 0 Å². The number of benzene rings is 2. The number of hydrogen-bond donors (Lipinski definition) is 0. The van der Waals surface area contributed by atoms with Crippen molar-refractivity contribution in [3.8, 4) is 22.6 Å². The predicted octanol–water partition coefficient (Wildman–Crippen LogP) is 7.36. The molecule has 0 aliphatic carbocycles. The van der Waals surface area contributed by atoms with Gasteiger partial charge in [-0.25, -0.2) is 23.7 Å². The number of ketones is 1. The van der Waals surface area contributed by atoms with Crippen molar-refractivity contribution in [2.45, 2.75) is 4.83 Å². The lowest BCUT2D eigenvalue weighted by Crippen LogP contribution is -2.07. The molecule has 186 valence electrons. The summed E-state index contributed by atoms with van der Waals surface area (Å²) in [7, 11) is 0. The Morgan fingerprint density at radius 3 is 1.95 bits per heavy atom. The summed E-state index contributed by atoms with van der Waals surface area (Å²) < 4.78 is 57.0. The lowest BCUT2D eigenvalue weighted by molar-refractivity contribution is 0.0991. The maximum Gasteiger partial charge on any atom is 0.213 e. The van der Waals surface area contributed by atoms with E-state index in [1.165, 1.54) is 67.3 Å². The second-order valence-electron chi connectivity index (χ2n) is 7.55. The zero-order chi connectivity index (χ0) is 26.4. The number of Topliss-reactive ketones (excluding diaryl/α,β-unsaturated/α-hetero) is 1. The Hall–Kier alpha value is -4.18. The van der Waals surface area contributed by atoms with E-state index in [0.717, 1.165) is 0 Å². The molecule has 2 aromatic carbocycles. The Kier molecular flexibility index (Phi) is 8.19. The average molecular weight is 570 g/mol. The first-order chi connectivity index (χ1) is 17.8. The number of carbonyl (C=O) groups is 1. The standard InChI is InChI=1S/C14H8F2N2O.C13H8BrF2NO/c15-11-3-1-9(2-4-11)13-14(19-8-18-13)10-5-6-17-12(16)7-10;14-12(9-5-6-17-11(16)7-9)13(18)8-1-3-10(15)4-2-8/h1-8H;1-7,12H. The van der Waals surface area contributed by atoms with Gasteiger partial charge in [0, 0.05) is 35.2 Å². The molecule has 0 fully saturated rings. The van der Waals surface area contributed by atoms with Crippen LogP contribution in [0.2, 0.25) is 0 Å². The van der Waals surface area contributed by atoms with Crippen LogP contribution >= 0.6 is 15.9 Å². The molecular weight excluding hydrogens is 554 g/mol. The molecule has 5 nitrogen and oxygen atoms in total. The fourth-order valence-electron chi connectivity index (χ4n) is 3.30. The molecule has 3 aromatic heterocycles. The molecule has 0 saturated carbocycles. The van der Waals surface area contributed by atoms with Crippen LogP contribution in [0.3, 0.4) is 0 Å². The molecule has 37 heavy (non-hydrogen) atoms. The molecule has 3 heterocycles. The van der Waals surface area contributed by atoms with Crippen molar-refractivity contribution in [3.63, 3.8) is 0 Å². The van der Waals surface area contributed by atoms with Crippen LogP contribution in [0.25, 0.3) is 22.6 Å². The SMILES string of the molecule is Fc1ccc(-c2ncoc2-c2ccnc(F)c2)cc1.O=C(c1ccc(F)cc1)C(Br)c1ccnc(F)c1. The van der Waals surface area contributed by atoms with Crippen LogP contribution in [-0.2, 0) is 0 Å². The molecule has 0 radical (unpaired) electrons. The van der Waals surface area contributed by atoms with Gasteiger partial charge in [0.15, 0.2) is 17.9 Å². The number of carbonyl (C=O) groups excluding carboxylic acids is 1. The Labute approximate surface area is 217 Å². The predicted molar refractivity (Wildman–Crippen MR) is 132 cm³/mol. The van der Waals surface area contributed by atoms with Gasteiger partial charge < -0.3 is 4.42 Å². The van der Waals surface area contributed by atoms with Crippen molar-refractivity contribution in [3.05, 3.63) is 126 Å². The van der Waals surface area contributed by atoms with Crippen LogP contribution in [0.4, 0.5) is 17.6 Å². The molecule has 10 heteroatoms. The number of halogens is 5. The van der Waals surface area contributed by atoms with E-state index in [9.17, 15) is 22.4 Å². The number of nitrogens with zero attached hydrogens (tertiary/aromatic N) is 3. The summed E-state index contributed by atoms with van der Waals surface area (Å²) in [6.45, 7) is 0. The summed E-state index contributed by atoms with van der Waals surface area (Å²) in [6, 6.07) is 16.7. The topological polar surface area (TPSA) is 68.9 Å². The second-order valence-corrected chi connectivity index (χ2v) is 8.47. The quantitative estimate of drug-likeness (QED) is 0.0956. The minimum absolute atomic E-state index is 0.263. The molecule has 0 amide bonds. The van der Waals surface area contributed by atoms with Crippen molar-refractivity contribution in [1.82, 2.24) is 15.0 Å². The van der Waals surface area contributed by atoms with E-state index in [0.29, 0.717) is 33.7 Å². The highest BCUT2D eigenvalue weighted by Crippen LogP contribution is 2.31. The normalized spacial score (nSPS) is 11.4. The number of hydrogen-bond acceptors (Lipinski definition) is 5. The highest BCUT2D eigenvalue weighted by atomic mass is 79.9. The third-order valence-corrected chi connectivity index (χ3v) is 6.02. The van der Waals surface area contributed by atoms with Gasteiger partial charge in [-0.05, 0) is 72.3 Å². The Morgan fingerprint density at radius 1 is 0.730 bits per heavy atom. The Morgan fingerprint density at radius 2 is 1.32 bits per heavy atom. The zero-order valence-electron chi connectivity index (χ0n) is 18.8. The number of alkyl halides is 1. The van der Waals surface area contributed by atoms with E-state index in [1.807, 2.05) is 0 Å². The van der Waals surface area contributed by atoms with E-state index in [1.54, 1.807) is 24.3 Å². The number of oxazole rings is 1. The zero-order valence-corrected chi connectivity index (χ0v) is 20.4. The van der Waals surface area contributed by atoms with Gasteiger partial charge in [0.05, 0.1) is 0 Å². The third-order valence-electron chi connectivity index (χ3n) is 5.08. The first kappa shape index (κ1) is 25.9. The fraction of sp³-hybridized carbons (Fsp3) is 0.0370. The van der Waals surface area contributed by atoms with Gasteiger partial charge in [0.2, 0.25) is 11.9 Å². The van der Waals surface area contributed by atoms with E-state index < -0.39 is 22.5 Å². The largest absolute Gasteiger partial charge is 0.443 e. The molecule has 1 atom stereocenters. The van der Waals surface area contributed by atoms with Crippen molar-refractivity contribution >= 4 is 21.7 Å². The van der Waals surface area contributed by atoms with Crippen molar-refractivity contribution in [1.29, 1.82) is 0 Å². The lowest BCUT2D eigenvalue weighted by Gasteiger charge is -2.09. The maximum absolute atomic E-state index is 13.1. The monoisotopic (exact) mass is 569 g/mol. The summed E-state index contributed by atoms with van der Waals surface area (Å²) in [6.07, 6.45) is 3.91. The number of pyridine rings is 2. The molecule has 0 saturated heterocycles. The first-order valence-corrected chi connectivity index (χ1v) is 11.6. The van der Waals surface area contributed by atoms with E-state index >= 15 is 0 Å². The molecule has 1 unspecified atom stereocenters. The average Bonchev–Trinajstić information content (AvgIpc) is 3.39. The van der Waals surface area contributed by atoms with Crippen LogP contribution < -0.4 is 0 Å². The van der Waals surface area contributed by atoms with E-state index in [4.69, 9.17) is 4.42 Å². The van der Waals surface area contributed by atoms with Crippen molar-refractivity contribution in [2.24, 2.45) is 0 Å². The molecule has 0 aliphatic rings. The van der Waals surface area contributed by atoms with Crippen LogP contribution in [-0.4, -0.2) is 20.7 Å². The fourth-order valence-corrected chi connectivity index (χ4v) is 3.84. The Balaban J connectivity index is 0.000000173. The molecule has 0 aliphatic heterocycles. The summed E-state index contributed by atoms with van der Waals surface area (Å²) >= 11 is 3.20. The second kappa shape index (κ2) is 11.7. The summed E-state index contributed by atoms with van der Waals surface area (Å²) in [5.41, 5.74) is 2.59. The number of aromatic nitrogens is 3. The van der Waals surface area contributed by atoms with Gasteiger partial charge in [-0.15, -0.1) is 0 Å². The van der Waals surface area contributed by atoms with Crippen molar-refractivity contribution < 1.29 is 26.8 Å². The highest BCUT2D eigenvalue weighted by Gasteiger charge is 2.19. The van der Waals surface area contributed by atoms with Gasteiger partial charge in [0.25, 0.3) is 0 Å². The summed E-state index contributed by atoms with van der Waals surface area (Å²) in [5, 5.41) is 0. The van der Waals surface area contributed by atoms with Gasteiger partial charge in [0.1, 0.15) is 22.2 Å². The molecule has 0 bridgehead atoms. The minimum Gasteiger partial charge on any atom is -0.443 e. The summed E-state index contributed by atoms with van der Waals surface area (Å²) in [5.74, 6) is -1.83. The lowest BCUT2D eigenvalue weighted by atomic mass is 10.0.